The first kappa shape index (κ1) is 13.5. The molecular formula is C13H24O3. The fourth-order valence-corrected chi connectivity index (χ4v) is 2.23. The van der Waals surface area contributed by atoms with Gasteiger partial charge in [0.1, 0.15) is 5.60 Å². The molecule has 0 amide bonds. The van der Waals surface area contributed by atoms with Crippen LogP contribution in [0.25, 0.3) is 0 Å². The molecule has 3 heteroatoms. The first-order valence-corrected chi connectivity index (χ1v) is 6.20. The molecule has 0 heterocycles. The molecule has 94 valence electrons. The van der Waals surface area contributed by atoms with Crippen molar-refractivity contribution in [3.63, 3.8) is 0 Å². The highest BCUT2D eigenvalue weighted by Crippen LogP contribution is 2.30. The van der Waals surface area contributed by atoms with Gasteiger partial charge in [0.15, 0.2) is 0 Å². The molecule has 0 aromatic heterocycles. The number of hydrogen-bond acceptors (Lipinski definition) is 3. The van der Waals surface area contributed by atoms with Crippen molar-refractivity contribution in [1.82, 2.24) is 0 Å². The van der Waals surface area contributed by atoms with Crippen molar-refractivity contribution in [2.24, 2.45) is 11.8 Å². The van der Waals surface area contributed by atoms with E-state index >= 15 is 0 Å². The fraction of sp³-hybridized carbons (Fsp3) is 0.923. The predicted molar refractivity (Wildman–Crippen MR) is 63.0 cm³/mol. The Morgan fingerprint density at radius 1 is 1.31 bits per heavy atom. The van der Waals surface area contributed by atoms with Crippen LogP contribution in [-0.4, -0.2) is 22.8 Å². The van der Waals surface area contributed by atoms with Crippen molar-refractivity contribution in [3.05, 3.63) is 0 Å². The Hall–Kier alpha value is -0.570. The lowest BCUT2D eigenvalue weighted by Crippen LogP contribution is -2.32. The molecule has 3 nitrogen and oxygen atoms in total. The number of aliphatic hydroxyl groups is 1. The summed E-state index contributed by atoms with van der Waals surface area (Å²) in [5.74, 6) is 0.0182. The van der Waals surface area contributed by atoms with Crippen molar-refractivity contribution >= 4 is 5.97 Å². The average Bonchev–Trinajstić information content (AvgIpc) is 2.25. The molecule has 1 fully saturated rings. The summed E-state index contributed by atoms with van der Waals surface area (Å²) in [5.41, 5.74) is -0.436. The Morgan fingerprint density at radius 2 is 1.94 bits per heavy atom. The van der Waals surface area contributed by atoms with Gasteiger partial charge in [-0.1, -0.05) is 13.3 Å². The van der Waals surface area contributed by atoms with Crippen LogP contribution in [0.1, 0.15) is 53.4 Å². The van der Waals surface area contributed by atoms with Crippen LogP contribution in [0.5, 0.6) is 0 Å². The Kier molecular flexibility index (Phi) is 4.36. The average molecular weight is 228 g/mol. The normalized spacial score (nSPS) is 31.9. The van der Waals surface area contributed by atoms with E-state index in [-0.39, 0.29) is 18.0 Å². The first-order chi connectivity index (χ1) is 7.29. The van der Waals surface area contributed by atoms with Gasteiger partial charge in [0.05, 0.1) is 12.0 Å². The predicted octanol–water partition coefficient (Wildman–Crippen LogP) is 2.52. The molecule has 0 saturated heterocycles. The lowest BCUT2D eigenvalue weighted by Gasteiger charge is -2.26. The van der Waals surface area contributed by atoms with Crippen molar-refractivity contribution < 1.29 is 14.6 Å². The van der Waals surface area contributed by atoms with Crippen LogP contribution in [0, 0.1) is 11.8 Å². The van der Waals surface area contributed by atoms with Crippen LogP contribution in [0.15, 0.2) is 0 Å². The van der Waals surface area contributed by atoms with Gasteiger partial charge in [-0.15, -0.1) is 0 Å². The van der Waals surface area contributed by atoms with Crippen LogP contribution < -0.4 is 0 Å². The fourth-order valence-electron chi connectivity index (χ4n) is 2.23. The number of carbonyl (C=O) groups is 1. The molecule has 0 radical (unpaired) electrons. The third-order valence-electron chi connectivity index (χ3n) is 3.12. The number of rotatable bonds is 1. The SMILES string of the molecule is CC1CCCC(O)CC1C(=O)OC(C)(C)C. The summed E-state index contributed by atoms with van der Waals surface area (Å²) in [6, 6.07) is 0. The van der Waals surface area contributed by atoms with E-state index in [0.717, 1.165) is 19.3 Å². The summed E-state index contributed by atoms with van der Waals surface area (Å²) in [6.45, 7) is 7.71. The molecule has 0 aromatic rings. The van der Waals surface area contributed by atoms with Crippen molar-refractivity contribution in [3.8, 4) is 0 Å². The lowest BCUT2D eigenvalue weighted by atomic mass is 9.89. The van der Waals surface area contributed by atoms with Gasteiger partial charge in [0, 0.05) is 0 Å². The van der Waals surface area contributed by atoms with Gasteiger partial charge in [-0.2, -0.15) is 0 Å². The largest absolute Gasteiger partial charge is 0.460 e. The lowest BCUT2D eigenvalue weighted by molar-refractivity contribution is -0.162. The maximum Gasteiger partial charge on any atom is 0.309 e. The van der Waals surface area contributed by atoms with Crippen molar-refractivity contribution in [1.29, 1.82) is 0 Å². The second-order valence-electron chi connectivity index (χ2n) is 5.94. The number of esters is 1. The maximum absolute atomic E-state index is 12.0. The van der Waals surface area contributed by atoms with E-state index in [4.69, 9.17) is 4.74 Å². The molecule has 0 aliphatic heterocycles. The maximum atomic E-state index is 12.0. The van der Waals surface area contributed by atoms with E-state index in [1.807, 2.05) is 20.8 Å². The molecule has 1 saturated carbocycles. The second-order valence-corrected chi connectivity index (χ2v) is 5.94. The van der Waals surface area contributed by atoms with Gasteiger partial charge >= 0.3 is 5.97 Å². The third kappa shape index (κ3) is 4.12. The zero-order valence-corrected chi connectivity index (χ0v) is 10.8. The molecule has 1 rings (SSSR count). The summed E-state index contributed by atoms with van der Waals surface area (Å²) < 4.78 is 5.40. The van der Waals surface area contributed by atoms with E-state index in [1.54, 1.807) is 0 Å². The minimum absolute atomic E-state index is 0.142. The molecule has 16 heavy (non-hydrogen) atoms. The van der Waals surface area contributed by atoms with Gasteiger partial charge in [0.25, 0.3) is 0 Å². The molecule has 1 aliphatic carbocycles. The molecule has 3 atom stereocenters. The van der Waals surface area contributed by atoms with Gasteiger partial charge in [-0.25, -0.2) is 0 Å². The molecule has 1 aliphatic rings. The molecule has 0 spiro atoms. The molecule has 0 aromatic carbocycles. The van der Waals surface area contributed by atoms with Crippen LogP contribution in [0.3, 0.4) is 0 Å². The highest BCUT2D eigenvalue weighted by molar-refractivity contribution is 5.73. The van der Waals surface area contributed by atoms with Gasteiger partial charge in [0.2, 0.25) is 0 Å². The second kappa shape index (κ2) is 5.17. The molecule has 0 bridgehead atoms. The zero-order valence-electron chi connectivity index (χ0n) is 10.8. The molecule has 1 N–H and O–H groups in total. The monoisotopic (exact) mass is 228 g/mol. The van der Waals surface area contributed by atoms with Crippen molar-refractivity contribution in [2.75, 3.05) is 0 Å². The Bertz CT molecular complexity index is 242. The Labute approximate surface area is 98.2 Å². The third-order valence-corrected chi connectivity index (χ3v) is 3.12. The van der Waals surface area contributed by atoms with E-state index in [2.05, 4.69) is 6.92 Å². The topological polar surface area (TPSA) is 46.5 Å². The van der Waals surface area contributed by atoms with E-state index in [1.165, 1.54) is 0 Å². The summed E-state index contributed by atoms with van der Waals surface area (Å²) in [4.78, 5) is 12.0. The van der Waals surface area contributed by atoms with E-state index in [0.29, 0.717) is 12.3 Å². The van der Waals surface area contributed by atoms with Gasteiger partial charge in [-0.3, -0.25) is 4.79 Å². The molecular weight excluding hydrogens is 204 g/mol. The van der Waals surface area contributed by atoms with Crippen LogP contribution in [0.4, 0.5) is 0 Å². The smallest absolute Gasteiger partial charge is 0.309 e. The number of carbonyl (C=O) groups excluding carboxylic acids is 1. The highest BCUT2D eigenvalue weighted by atomic mass is 16.6. The quantitative estimate of drug-likeness (QED) is 0.554. The summed E-state index contributed by atoms with van der Waals surface area (Å²) in [5, 5.41) is 9.72. The zero-order chi connectivity index (χ0) is 12.3. The minimum Gasteiger partial charge on any atom is -0.460 e. The summed E-state index contributed by atoms with van der Waals surface area (Å²) in [6.07, 6.45) is 3.02. The Morgan fingerprint density at radius 3 is 2.50 bits per heavy atom. The van der Waals surface area contributed by atoms with Crippen LogP contribution >= 0.6 is 0 Å². The number of aliphatic hydroxyl groups excluding tert-OH is 1. The molecule has 3 unspecified atom stereocenters. The van der Waals surface area contributed by atoms with Crippen LogP contribution in [-0.2, 0) is 9.53 Å². The summed E-state index contributed by atoms with van der Waals surface area (Å²) in [7, 11) is 0. The van der Waals surface area contributed by atoms with E-state index < -0.39 is 5.60 Å². The first-order valence-electron chi connectivity index (χ1n) is 6.20. The van der Waals surface area contributed by atoms with Gasteiger partial charge < -0.3 is 9.84 Å². The Balaban J connectivity index is 2.64. The number of hydrogen-bond donors (Lipinski definition) is 1. The summed E-state index contributed by atoms with van der Waals surface area (Å²) >= 11 is 0. The minimum atomic E-state index is -0.436. The highest BCUT2D eigenvalue weighted by Gasteiger charge is 2.33. The van der Waals surface area contributed by atoms with Crippen LogP contribution in [0.2, 0.25) is 0 Å². The number of ether oxygens (including phenoxy) is 1. The van der Waals surface area contributed by atoms with Gasteiger partial charge in [-0.05, 0) is 46.0 Å². The standard InChI is InChI=1S/C13H24O3/c1-9-6-5-7-10(14)8-11(9)12(15)16-13(2,3)4/h9-11,14H,5-8H2,1-4H3. The van der Waals surface area contributed by atoms with Crippen molar-refractivity contribution in [2.45, 2.75) is 65.1 Å². The van der Waals surface area contributed by atoms with E-state index in [9.17, 15) is 9.90 Å².